The average molecular weight is 703 g/mol. The standard InChI is InChI=1S/C36H30Cl2FN5O4.CH4/c1-3-48-21-7-4-6-19(16-21)18-44-27-14-15-43-26-12-10-20(34(45)47-2)17-25(26)40-33(43)29(27)30(22-8-5-9-24(37)31(22)39)36(44)23-11-13-28(38)41-32(23)42-35(36)46;/h4-13,16-17,27,29-30H,3,14-15,18H2,1-2H3,(H,41,42,46);1H4/t27-,29+,30-,36+;/m0./s1. The van der Waals surface area contributed by atoms with Crippen molar-refractivity contribution in [1.82, 2.24) is 19.4 Å². The Balaban J connectivity index is 0.00000378. The third-order valence-corrected chi connectivity index (χ3v) is 10.5. The number of carbonyl (C=O) groups is 2. The lowest BCUT2D eigenvalue weighted by atomic mass is 9.70. The lowest BCUT2D eigenvalue weighted by Gasteiger charge is -2.39. The number of fused-ring (bicyclic) bond motifs is 7. The first-order valence-electron chi connectivity index (χ1n) is 15.8. The van der Waals surface area contributed by atoms with Crippen molar-refractivity contribution in [3.63, 3.8) is 0 Å². The molecule has 5 aromatic rings. The summed E-state index contributed by atoms with van der Waals surface area (Å²) >= 11 is 12.8. The Hall–Kier alpha value is -4.51. The van der Waals surface area contributed by atoms with Gasteiger partial charge in [0.25, 0.3) is 5.91 Å². The van der Waals surface area contributed by atoms with E-state index in [9.17, 15) is 9.59 Å². The number of nitrogens with one attached hydrogen (secondary N) is 1. The van der Waals surface area contributed by atoms with Gasteiger partial charge in [-0.1, -0.05) is 54.9 Å². The topological polar surface area (TPSA) is 98.6 Å². The first-order chi connectivity index (χ1) is 23.3. The smallest absolute Gasteiger partial charge is 0.337 e. The molecule has 3 aliphatic heterocycles. The highest BCUT2D eigenvalue weighted by Crippen LogP contribution is 2.64. The molecule has 4 atom stereocenters. The van der Waals surface area contributed by atoms with Crippen molar-refractivity contribution in [2.24, 2.45) is 0 Å². The van der Waals surface area contributed by atoms with Crippen LogP contribution in [0.25, 0.3) is 11.0 Å². The molecule has 2 aromatic heterocycles. The predicted octanol–water partition coefficient (Wildman–Crippen LogP) is 7.70. The quantitative estimate of drug-likeness (QED) is 0.143. The van der Waals surface area contributed by atoms with Crippen LogP contribution in [0.5, 0.6) is 5.75 Å². The second-order valence-corrected chi connectivity index (χ2v) is 13.1. The van der Waals surface area contributed by atoms with Gasteiger partial charge in [-0.2, -0.15) is 0 Å². The van der Waals surface area contributed by atoms with E-state index in [2.05, 4.69) is 19.8 Å². The molecule has 9 nitrogen and oxygen atoms in total. The Morgan fingerprint density at radius 1 is 1.08 bits per heavy atom. The van der Waals surface area contributed by atoms with Crippen LogP contribution in [0.1, 0.15) is 65.5 Å². The average Bonchev–Trinajstić information content (AvgIpc) is 3.69. The van der Waals surface area contributed by atoms with Gasteiger partial charge in [-0.3, -0.25) is 9.69 Å². The number of aryl methyl sites for hydroxylation is 1. The van der Waals surface area contributed by atoms with E-state index in [1.165, 1.54) is 13.2 Å². The van der Waals surface area contributed by atoms with Crippen molar-refractivity contribution in [3.8, 4) is 5.75 Å². The number of ether oxygens (including phenoxy) is 2. The SMILES string of the molecule is C.CCOc1cccc(CN2[C@H]3CCn4c(nc5cc(C(=O)OC)ccc54)[C@H]3[C@H](c3cccc(Cl)c3F)[C@]23C(=O)Nc2nc(Cl)ccc23)c1. The number of likely N-dealkylation sites (tertiary alicyclic amines) is 1. The van der Waals surface area contributed by atoms with Gasteiger partial charge in [-0.05, 0) is 73.0 Å². The molecule has 252 valence electrons. The summed E-state index contributed by atoms with van der Waals surface area (Å²) in [7, 11) is 1.34. The van der Waals surface area contributed by atoms with Crippen LogP contribution in [0.3, 0.4) is 0 Å². The van der Waals surface area contributed by atoms with Crippen LogP contribution in [0.15, 0.2) is 72.8 Å². The molecule has 1 amide bonds. The number of aromatic nitrogens is 3. The molecule has 49 heavy (non-hydrogen) atoms. The number of benzene rings is 3. The number of pyridine rings is 1. The number of rotatable bonds is 6. The zero-order valence-corrected chi connectivity index (χ0v) is 27.6. The fourth-order valence-electron chi connectivity index (χ4n) is 8.19. The molecule has 5 heterocycles. The number of imidazole rings is 1. The summed E-state index contributed by atoms with van der Waals surface area (Å²) in [6.07, 6.45) is 0.636. The zero-order chi connectivity index (χ0) is 33.3. The van der Waals surface area contributed by atoms with E-state index in [4.69, 9.17) is 37.7 Å². The Bertz CT molecular complexity index is 2140. The van der Waals surface area contributed by atoms with Gasteiger partial charge in [0.2, 0.25) is 0 Å². The highest BCUT2D eigenvalue weighted by atomic mass is 35.5. The third kappa shape index (κ3) is 4.91. The van der Waals surface area contributed by atoms with Crippen LogP contribution in [0, 0.1) is 5.82 Å². The lowest BCUT2D eigenvalue weighted by Crippen LogP contribution is -2.51. The van der Waals surface area contributed by atoms with Gasteiger partial charge in [-0.25, -0.2) is 19.2 Å². The molecule has 0 radical (unpaired) electrons. The number of hydrogen-bond donors (Lipinski definition) is 1. The van der Waals surface area contributed by atoms with E-state index in [0.29, 0.717) is 65.7 Å². The van der Waals surface area contributed by atoms with Crippen LogP contribution in [-0.4, -0.2) is 51.1 Å². The van der Waals surface area contributed by atoms with Crippen LogP contribution >= 0.6 is 23.2 Å². The van der Waals surface area contributed by atoms with Crippen molar-refractivity contribution in [1.29, 1.82) is 0 Å². The summed E-state index contributed by atoms with van der Waals surface area (Å²) in [4.78, 5) is 39.0. The summed E-state index contributed by atoms with van der Waals surface area (Å²) in [6, 6.07) is 21.2. The third-order valence-electron chi connectivity index (χ3n) is 9.95. The summed E-state index contributed by atoms with van der Waals surface area (Å²) < 4.78 is 29.4. The predicted molar refractivity (Wildman–Crippen MR) is 186 cm³/mol. The fraction of sp³-hybridized carbons (Fsp3) is 0.297. The van der Waals surface area contributed by atoms with Crippen molar-refractivity contribution in [2.45, 2.75) is 57.3 Å². The molecule has 3 aromatic carbocycles. The molecule has 0 saturated carbocycles. The van der Waals surface area contributed by atoms with E-state index in [1.807, 2.05) is 43.3 Å². The van der Waals surface area contributed by atoms with Gasteiger partial charge in [0.05, 0.1) is 35.3 Å². The first-order valence-corrected chi connectivity index (χ1v) is 16.5. The van der Waals surface area contributed by atoms with Crippen LogP contribution in [0.2, 0.25) is 10.2 Å². The summed E-state index contributed by atoms with van der Waals surface area (Å²) in [5, 5.41) is 3.19. The summed E-state index contributed by atoms with van der Waals surface area (Å²) in [5.41, 5.74) is 2.24. The van der Waals surface area contributed by atoms with E-state index in [-0.39, 0.29) is 29.6 Å². The number of halogens is 3. The van der Waals surface area contributed by atoms with E-state index >= 15 is 4.39 Å². The zero-order valence-electron chi connectivity index (χ0n) is 26.0. The first kappa shape index (κ1) is 33.0. The molecule has 8 rings (SSSR count). The van der Waals surface area contributed by atoms with E-state index in [0.717, 1.165) is 11.1 Å². The molecule has 3 aliphatic rings. The molecule has 1 fully saturated rings. The Morgan fingerprint density at radius 2 is 1.90 bits per heavy atom. The molecule has 1 N–H and O–H groups in total. The van der Waals surface area contributed by atoms with E-state index in [1.54, 1.807) is 30.3 Å². The van der Waals surface area contributed by atoms with Crippen molar-refractivity contribution in [3.05, 3.63) is 117 Å². The van der Waals surface area contributed by atoms with Crippen molar-refractivity contribution < 1.29 is 23.5 Å². The largest absolute Gasteiger partial charge is 0.494 e. The van der Waals surface area contributed by atoms with Crippen molar-refractivity contribution in [2.75, 3.05) is 19.0 Å². The number of esters is 1. The fourth-order valence-corrected chi connectivity index (χ4v) is 8.52. The Labute approximate surface area is 293 Å². The van der Waals surface area contributed by atoms with Gasteiger partial charge in [0, 0.05) is 36.5 Å². The Kier molecular flexibility index (Phi) is 8.37. The lowest BCUT2D eigenvalue weighted by molar-refractivity contribution is -0.128. The van der Waals surface area contributed by atoms with Gasteiger partial charge < -0.3 is 19.4 Å². The maximum absolute atomic E-state index is 16.5. The number of anilines is 1. The summed E-state index contributed by atoms with van der Waals surface area (Å²) in [5.74, 6) is -0.892. The van der Waals surface area contributed by atoms with Gasteiger partial charge in [0.1, 0.15) is 33.9 Å². The van der Waals surface area contributed by atoms with Crippen LogP contribution < -0.4 is 10.1 Å². The van der Waals surface area contributed by atoms with Crippen LogP contribution in [-0.2, 0) is 28.2 Å². The van der Waals surface area contributed by atoms with Gasteiger partial charge in [0.15, 0.2) is 0 Å². The van der Waals surface area contributed by atoms with E-state index < -0.39 is 29.2 Å². The molecule has 1 saturated heterocycles. The maximum Gasteiger partial charge on any atom is 0.337 e. The van der Waals surface area contributed by atoms with Crippen LogP contribution in [0.4, 0.5) is 10.2 Å². The molecule has 1 spiro atoms. The minimum atomic E-state index is -1.42. The van der Waals surface area contributed by atoms with Gasteiger partial charge >= 0.3 is 5.97 Å². The van der Waals surface area contributed by atoms with Crippen molar-refractivity contribution >= 4 is 51.9 Å². The highest BCUT2D eigenvalue weighted by molar-refractivity contribution is 6.31. The summed E-state index contributed by atoms with van der Waals surface area (Å²) in [6.45, 7) is 3.38. The molecule has 0 aliphatic carbocycles. The highest BCUT2D eigenvalue weighted by Gasteiger charge is 2.69. The number of nitrogens with zero attached hydrogens (tertiary/aromatic N) is 4. The molecule has 0 bridgehead atoms. The number of hydrogen-bond acceptors (Lipinski definition) is 7. The molecule has 0 unspecified atom stereocenters. The molecule has 12 heteroatoms. The second-order valence-electron chi connectivity index (χ2n) is 12.3. The second kappa shape index (κ2) is 12.4. The Morgan fingerprint density at radius 3 is 2.69 bits per heavy atom. The normalized spacial score (nSPS) is 22.3. The number of amides is 1. The molecular weight excluding hydrogens is 668 g/mol. The number of methoxy groups -OCH3 is 1. The maximum atomic E-state index is 16.5. The minimum Gasteiger partial charge on any atom is -0.494 e. The number of carbonyl (C=O) groups excluding carboxylic acids is 2. The molecular formula is C37H34Cl2FN5O4. The minimum absolute atomic E-state index is 0. The monoisotopic (exact) mass is 701 g/mol. The van der Waals surface area contributed by atoms with Gasteiger partial charge in [-0.15, -0.1) is 0 Å².